The molecule has 0 radical (unpaired) electrons. The largest absolute Gasteiger partial charge is 0.508 e. The van der Waals surface area contributed by atoms with E-state index in [0.29, 0.717) is 81.7 Å². The van der Waals surface area contributed by atoms with Gasteiger partial charge in [0.05, 0.1) is 0 Å². The Labute approximate surface area is 298 Å². The summed E-state index contributed by atoms with van der Waals surface area (Å²) >= 11 is 0. The highest BCUT2D eigenvalue weighted by Crippen LogP contribution is 2.42. The number of nitrogens with one attached hydrogen (secondary N) is 2. The second kappa shape index (κ2) is 14.2. The van der Waals surface area contributed by atoms with E-state index in [1.165, 1.54) is 24.3 Å². The Hall–Kier alpha value is -6.23. The van der Waals surface area contributed by atoms with E-state index in [-0.39, 0.29) is 40.5 Å². The highest BCUT2D eigenvalue weighted by atomic mass is 16.4. The van der Waals surface area contributed by atoms with Crippen LogP contribution in [0.2, 0.25) is 0 Å². The number of phenolic OH excluding ortho intramolecular Hbond substituents is 1. The van der Waals surface area contributed by atoms with Gasteiger partial charge >= 0.3 is 5.63 Å². The number of hydrogen-bond acceptors (Lipinski definition) is 9. The maximum Gasteiger partial charge on any atom is 0.349 e. The number of fused-ring (bicyclic) bond motifs is 3. The molecule has 0 spiro atoms. The molecule has 1 saturated carbocycles. The van der Waals surface area contributed by atoms with E-state index in [0.717, 1.165) is 18.8 Å². The first-order valence-electron chi connectivity index (χ1n) is 17.4. The van der Waals surface area contributed by atoms with E-state index in [4.69, 9.17) is 8.83 Å². The van der Waals surface area contributed by atoms with Crippen LogP contribution in [0.15, 0.2) is 97.3 Å². The summed E-state index contributed by atoms with van der Waals surface area (Å²) in [5.74, 6) is -0.559. The topological polar surface area (TPSA) is 159 Å². The lowest BCUT2D eigenvalue weighted by atomic mass is 9.89. The van der Waals surface area contributed by atoms with E-state index in [1.807, 2.05) is 18.2 Å². The number of aldehydes is 1. The minimum absolute atomic E-state index is 0.0262. The summed E-state index contributed by atoms with van der Waals surface area (Å²) in [6.45, 7) is 5.73. The van der Waals surface area contributed by atoms with Gasteiger partial charge in [-0.3, -0.25) is 19.2 Å². The van der Waals surface area contributed by atoms with Crippen molar-refractivity contribution in [3.8, 4) is 28.2 Å². The van der Waals surface area contributed by atoms with Crippen molar-refractivity contribution in [2.75, 3.05) is 18.0 Å². The number of benzene rings is 4. The summed E-state index contributed by atoms with van der Waals surface area (Å²) in [6, 6.07) is 20.6. The van der Waals surface area contributed by atoms with Crippen molar-refractivity contribution in [3.05, 3.63) is 116 Å². The summed E-state index contributed by atoms with van der Waals surface area (Å²) in [6.07, 6.45) is 3.11. The van der Waals surface area contributed by atoms with Gasteiger partial charge in [-0.15, -0.1) is 0 Å². The van der Waals surface area contributed by atoms with Gasteiger partial charge in [-0.25, -0.2) is 4.79 Å². The molecule has 3 aromatic carbocycles. The average Bonchev–Trinajstić information content (AvgIpc) is 3.14. The standard InChI is InChI=1S/C41H37N3O8/c1-3-44(4-2)28-12-7-23-17-34(41(50)52-35(23)19-28)40(49)43-27-10-8-26(9-11-27)42-39(48)24-5-6-25(22-45)33(18-24)38-31-15-13-29(46)20-36(31)51-37-21-30(47)14-16-32(37)38/h5-7,12-22,26-27,46H,3-4,8-11H2,1-2H3,(H,42,48)(H,43,49). The highest BCUT2D eigenvalue weighted by molar-refractivity contribution is 6.07. The maximum absolute atomic E-state index is 13.6. The summed E-state index contributed by atoms with van der Waals surface area (Å²) in [5, 5.41) is 17.4. The van der Waals surface area contributed by atoms with Crippen LogP contribution in [0.25, 0.3) is 44.4 Å². The van der Waals surface area contributed by atoms with Gasteiger partial charge in [0, 0.05) is 82.1 Å². The van der Waals surface area contributed by atoms with Crippen molar-refractivity contribution in [2.24, 2.45) is 0 Å². The third-order valence-corrected chi connectivity index (χ3v) is 9.88. The Kier molecular flexibility index (Phi) is 9.33. The molecule has 0 saturated heterocycles. The van der Waals surface area contributed by atoms with Crippen molar-refractivity contribution in [2.45, 2.75) is 51.6 Å². The summed E-state index contributed by atoms with van der Waals surface area (Å²) in [4.78, 5) is 66.1. The Morgan fingerprint density at radius 1 is 0.788 bits per heavy atom. The van der Waals surface area contributed by atoms with E-state index in [2.05, 4.69) is 29.4 Å². The molecule has 11 heteroatoms. The smallest absolute Gasteiger partial charge is 0.349 e. The van der Waals surface area contributed by atoms with Gasteiger partial charge in [0.2, 0.25) is 0 Å². The van der Waals surface area contributed by atoms with Crippen molar-refractivity contribution in [1.82, 2.24) is 10.6 Å². The second-order valence-electron chi connectivity index (χ2n) is 13.1. The lowest BCUT2D eigenvalue weighted by molar-refractivity contribution is 0.0890. The fraction of sp³-hybridized carbons (Fsp3) is 0.244. The summed E-state index contributed by atoms with van der Waals surface area (Å²) < 4.78 is 11.5. The minimum atomic E-state index is -0.693. The van der Waals surface area contributed by atoms with Crippen LogP contribution in [-0.4, -0.2) is 48.4 Å². The predicted octanol–water partition coefficient (Wildman–Crippen LogP) is 6.51. The predicted molar refractivity (Wildman–Crippen MR) is 199 cm³/mol. The van der Waals surface area contributed by atoms with Crippen LogP contribution >= 0.6 is 0 Å². The number of carbonyl (C=O) groups excluding carboxylic acids is 3. The van der Waals surface area contributed by atoms with Gasteiger partial charge in [-0.05, 0) is 99.7 Å². The molecule has 52 heavy (non-hydrogen) atoms. The van der Waals surface area contributed by atoms with Crippen LogP contribution in [0.5, 0.6) is 5.75 Å². The molecule has 4 aromatic rings. The van der Waals surface area contributed by atoms with Crippen LogP contribution in [0.1, 0.15) is 70.6 Å². The van der Waals surface area contributed by atoms with Crippen LogP contribution < -0.4 is 26.6 Å². The normalized spacial score (nSPS) is 15.8. The SMILES string of the molecule is CCN(CC)c1ccc2cc(C(=O)NC3CCC(NC(=O)c4ccc(C=O)c(-c5c6ccc(=O)cc-6oc6cc(O)ccc56)c4)CC3)c(=O)oc2c1. The van der Waals surface area contributed by atoms with E-state index in [1.54, 1.807) is 36.4 Å². The van der Waals surface area contributed by atoms with Crippen LogP contribution in [0, 0.1) is 0 Å². The Morgan fingerprint density at radius 3 is 2.23 bits per heavy atom. The Balaban J connectivity index is 1.05. The molecule has 0 unspecified atom stereocenters. The molecule has 264 valence electrons. The van der Waals surface area contributed by atoms with Gasteiger partial charge in [-0.1, -0.05) is 6.07 Å². The minimum Gasteiger partial charge on any atom is -0.508 e. The quantitative estimate of drug-likeness (QED) is 0.0869. The van der Waals surface area contributed by atoms with Crippen molar-refractivity contribution in [3.63, 3.8) is 0 Å². The molecule has 1 fully saturated rings. The zero-order chi connectivity index (χ0) is 36.5. The van der Waals surface area contributed by atoms with Gasteiger partial charge in [-0.2, -0.15) is 0 Å². The molecular formula is C41H37N3O8. The third-order valence-electron chi connectivity index (χ3n) is 9.88. The molecule has 0 atom stereocenters. The number of nitrogens with zero attached hydrogens (tertiary/aromatic N) is 1. The number of rotatable bonds is 9. The molecule has 2 aliphatic carbocycles. The maximum atomic E-state index is 13.6. The fourth-order valence-electron chi connectivity index (χ4n) is 7.12. The molecule has 2 heterocycles. The van der Waals surface area contributed by atoms with Gasteiger partial charge in [0.25, 0.3) is 11.8 Å². The average molecular weight is 700 g/mol. The third kappa shape index (κ3) is 6.64. The Bertz CT molecular complexity index is 2440. The molecular weight excluding hydrogens is 662 g/mol. The molecule has 1 aromatic heterocycles. The molecule has 3 aliphatic rings. The molecule has 7 rings (SSSR count). The molecule has 1 aliphatic heterocycles. The molecule has 11 nitrogen and oxygen atoms in total. The van der Waals surface area contributed by atoms with E-state index < -0.39 is 11.5 Å². The first kappa shape index (κ1) is 34.2. The first-order valence-corrected chi connectivity index (χ1v) is 17.4. The van der Waals surface area contributed by atoms with Crippen LogP contribution in [0.4, 0.5) is 5.69 Å². The molecule has 3 N–H and O–H groups in total. The van der Waals surface area contributed by atoms with E-state index in [9.17, 15) is 29.1 Å². The highest BCUT2D eigenvalue weighted by Gasteiger charge is 2.27. The van der Waals surface area contributed by atoms with Crippen LogP contribution in [0.3, 0.4) is 0 Å². The number of aromatic hydroxyl groups is 1. The van der Waals surface area contributed by atoms with E-state index >= 15 is 0 Å². The zero-order valence-corrected chi connectivity index (χ0v) is 28.7. The van der Waals surface area contributed by atoms with Crippen molar-refractivity contribution < 1.29 is 28.3 Å². The van der Waals surface area contributed by atoms with Gasteiger partial charge < -0.3 is 29.5 Å². The van der Waals surface area contributed by atoms with Crippen molar-refractivity contribution >= 4 is 45.7 Å². The Morgan fingerprint density at radius 2 is 1.52 bits per heavy atom. The van der Waals surface area contributed by atoms with Gasteiger partial charge in [0.15, 0.2) is 11.7 Å². The zero-order valence-electron chi connectivity index (χ0n) is 28.7. The monoisotopic (exact) mass is 699 g/mol. The van der Waals surface area contributed by atoms with Crippen molar-refractivity contribution in [1.29, 1.82) is 0 Å². The lowest BCUT2D eigenvalue weighted by Gasteiger charge is -2.29. The molecule has 2 amide bonds. The number of amides is 2. The summed E-state index contributed by atoms with van der Waals surface area (Å²) in [5.41, 5.74) is 3.00. The fourth-order valence-corrected chi connectivity index (χ4v) is 7.12. The molecule has 0 bridgehead atoms. The second-order valence-corrected chi connectivity index (χ2v) is 13.1. The number of anilines is 1. The number of hydrogen-bond donors (Lipinski definition) is 3. The van der Waals surface area contributed by atoms with Crippen LogP contribution in [-0.2, 0) is 0 Å². The number of carbonyl (C=O) groups is 3. The first-order chi connectivity index (χ1) is 25.1. The van der Waals surface area contributed by atoms with Gasteiger partial charge in [0.1, 0.15) is 28.2 Å². The lowest BCUT2D eigenvalue weighted by Crippen LogP contribution is -2.44. The number of phenols is 1. The summed E-state index contributed by atoms with van der Waals surface area (Å²) in [7, 11) is 0.